The summed E-state index contributed by atoms with van der Waals surface area (Å²) in [6.45, 7) is 8.02. The molecule has 1 aliphatic heterocycles. The molecule has 0 aromatic heterocycles. The van der Waals surface area contributed by atoms with Crippen LogP contribution in [0.1, 0.15) is 40.5 Å². The van der Waals surface area contributed by atoms with Crippen LogP contribution in [0.5, 0.6) is 0 Å². The molecular formula is C9H20NO4P. The van der Waals surface area contributed by atoms with Crippen molar-refractivity contribution < 1.29 is 18.9 Å². The molecule has 0 aromatic rings. The molecule has 1 heterocycles. The van der Waals surface area contributed by atoms with Gasteiger partial charge in [-0.25, -0.2) is 4.57 Å². The standard InChI is InChI=1S/C9H20NO4P/c1-8(2)5-7(14-15(11,12)13)6-9(3,4)10-8/h7,10H,5-6H2,1-4H3,(H2,11,12,13). The number of phosphoric ester groups is 1. The van der Waals surface area contributed by atoms with Gasteiger partial charge in [-0.3, -0.25) is 4.52 Å². The zero-order chi connectivity index (χ0) is 11.9. The van der Waals surface area contributed by atoms with Crippen molar-refractivity contribution in [1.82, 2.24) is 5.32 Å². The molecule has 0 bridgehead atoms. The summed E-state index contributed by atoms with van der Waals surface area (Å²) in [5.41, 5.74) is -0.330. The molecule has 0 saturated carbocycles. The van der Waals surface area contributed by atoms with Crippen molar-refractivity contribution >= 4 is 7.82 Å². The molecule has 1 rings (SSSR count). The summed E-state index contributed by atoms with van der Waals surface area (Å²) in [5.74, 6) is 0. The maximum Gasteiger partial charge on any atom is 0.469 e. The summed E-state index contributed by atoms with van der Waals surface area (Å²) >= 11 is 0. The highest BCUT2D eigenvalue weighted by Gasteiger charge is 2.40. The van der Waals surface area contributed by atoms with Crippen LogP contribution in [-0.4, -0.2) is 27.0 Å². The Morgan fingerprint density at radius 3 is 1.93 bits per heavy atom. The zero-order valence-corrected chi connectivity index (χ0v) is 10.5. The van der Waals surface area contributed by atoms with Crippen LogP contribution in [0.3, 0.4) is 0 Å². The van der Waals surface area contributed by atoms with Crippen LogP contribution in [0, 0.1) is 0 Å². The van der Waals surface area contributed by atoms with E-state index in [-0.39, 0.29) is 11.1 Å². The first-order valence-electron chi connectivity index (χ1n) is 5.02. The smallest absolute Gasteiger partial charge is 0.307 e. The summed E-state index contributed by atoms with van der Waals surface area (Å²) < 4.78 is 15.5. The second kappa shape index (κ2) is 3.82. The first kappa shape index (κ1) is 13.1. The Morgan fingerprint density at radius 2 is 1.60 bits per heavy atom. The monoisotopic (exact) mass is 237 g/mol. The first-order chi connectivity index (χ1) is 6.49. The number of nitrogens with one attached hydrogen (secondary N) is 1. The summed E-state index contributed by atoms with van der Waals surface area (Å²) in [6, 6.07) is 0. The van der Waals surface area contributed by atoms with Crippen LogP contribution in [0.15, 0.2) is 0 Å². The van der Waals surface area contributed by atoms with Crippen molar-refractivity contribution in [2.24, 2.45) is 0 Å². The molecule has 0 amide bonds. The maximum absolute atomic E-state index is 10.8. The van der Waals surface area contributed by atoms with Crippen molar-refractivity contribution in [3.8, 4) is 0 Å². The molecule has 0 unspecified atom stereocenters. The van der Waals surface area contributed by atoms with Crippen LogP contribution >= 0.6 is 7.82 Å². The van der Waals surface area contributed by atoms with Gasteiger partial charge >= 0.3 is 7.82 Å². The van der Waals surface area contributed by atoms with Gasteiger partial charge in [-0.05, 0) is 40.5 Å². The fourth-order valence-electron chi connectivity index (χ4n) is 2.50. The molecule has 6 heteroatoms. The van der Waals surface area contributed by atoms with E-state index in [2.05, 4.69) is 5.32 Å². The molecule has 0 spiro atoms. The van der Waals surface area contributed by atoms with Crippen molar-refractivity contribution in [1.29, 1.82) is 0 Å². The van der Waals surface area contributed by atoms with Gasteiger partial charge in [0.25, 0.3) is 0 Å². The van der Waals surface area contributed by atoms with E-state index < -0.39 is 13.9 Å². The van der Waals surface area contributed by atoms with Gasteiger partial charge in [-0.2, -0.15) is 0 Å². The van der Waals surface area contributed by atoms with Crippen LogP contribution in [0.25, 0.3) is 0 Å². The first-order valence-corrected chi connectivity index (χ1v) is 6.55. The summed E-state index contributed by atoms with van der Waals surface area (Å²) in [6.07, 6.45) is 0.806. The van der Waals surface area contributed by atoms with E-state index in [0.717, 1.165) is 0 Å². The minimum Gasteiger partial charge on any atom is -0.307 e. The lowest BCUT2D eigenvalue weighted by molar-refractivity contribution is 0.0353. The van der Waals surface area contributed by atoms with Crippen molar-refractivity contribution in [2.45, 2.75) is 57.7 Å². The third-order valence-electron chi connectivity index (χ3n) is 2.44. The molecule has 0 radical (unpaired) electrons. The molecule has 1 saturated heterocycles. The lowest BCUT2D eigenvalue weighted by atomic mass is 9.81. The van der Waals surface area contributed by atoms with E-state index in [9.17, 15) is 4.57 Å². The van der Waals surface area contributed by atoms with Gasteiger partial charge in [0.15, 0.2) is 0 Å². The second-order valence-corrected chi connectivity index (χ2v) is 6.71. The predicted octanol–water partition coefficient (Wildman–Crippen LogP) is 1.40. The number of rotatable bonds is 2. The Kier molecular flexibility index (Phi) is 3.35. The molecule has 0 aliphatic carbocycles. The van der Waals surface area contributed by atoms with E-state index in [1.165, 1.54) is 0 Å². The van der Waals surface area contributed by atoms with E-state index in [4.69, 9.17) is 14.3 Å². The molecule has 90 valence electrons. The molecule has 0 aromatic carbocycles. The van der Waals surface area contributed by atoms with Gasteiger partial charge in [0.2, 0.25) is 0 Å². The van der Waals surface area contributed by atoms with Gasteiger partial charge < -0.3 is 15.1 Å². The predicted molar refractivity (Wildman–Crippen MR) is 57.4 cm³/mol. The fraction of sp³-hybridized carbons (Fsp3) is 1.00. The number of hydrogen-bond acceptors (Lipinski definition) is 3. The van der Waals surface area contributed by atoms with Gasteiger partial charge in [-0.15, -0.1) is 0 Å². The van der Waals surface area contributed by atoms with Gasteiger partial charge in [0.1, 0.15) is 0 Å². The normalized spacial score (nSPS) is 26.5. The van der Waals surface area contributed by atoms with E-state index in [1.807, 2.05) is 27.7 Å². The van der Waals surface area contributed by atoms with Crippen LogP contribution < -0.4 is 5.32 Å². The number of phosphoric acid groups is 1. The highest BCUT2D eigenvalue weighted by atomic mass is 31.2. The molecule has 1 fully saturated rings. The molecule has 0 atom stereocenters. The van der Waals surface area contributed by atoms with Crippen molar-refractivity contribution in [2.75, 3.05) is 0 Å². The fourth-order valence-corrected chi connectivity index (χ4v) is 3.03. The third-order valence-corrected chi connectivity index (χ3v) is 3.01. The Morgan fingerprint density at radius 1 is 1.20 bits per heavy atom. The molecule has 5 nitrogen and oxygen atoms in total. The average molecular weight is 237 g/mol. The Hall–Kier alpha value is 0.0700. The Balaban J connectivity index is 2.72. The highest BCUT2D eigenvalue weighted by Crippen LogP contribution is 2.42. The van der Waals surface area contributed by atoms with Crippen molar-refractivity contribution in [3.63, 3.8) is 0 Å². The van der Waals surface area contributed by atoms with Crippen LogP contribution in [0.4, 0.5) is 0 Å². The lowest BCUT2D eigenvalue weighted by Gasteiger charge is -2.46. The largest absolute Gasteiger partial charge is 0.469 e. The van der Waals surface area contributed by atoms with E-state index >= 15 is 0 Å². The van der Waals surface area contributed by atoms with Crippen LogP contribution in [0.2, 0.25) is 0 Å². The average Bonchev–Trinajstić information content (AvgIpc) is 1.70. The second-order valence-electron chi connectivity index (χ2n) is 5.52. The number of hydrogen-bond donors (Lipinski definition) is 3. The minimum absolute atomic E-state index is 0.165. The maximum atomic E-state index is 10.8. The quantitative estimate of drug-likeness (QED) is 0.633. The Bertz CT molecular complexity index is 268. The highest BCUT2D eigenvalue weighted by molar-refractivity contribution is 7.46. The molecule has 1 aliphatic rings. The van der Waals surface area contributed by atoms with E-state index in [1.54, 1.807) is 0 Å². The van der Waals surface area contributed by atoms with Crippen LogP contribution in [-0.2, 0) is 9.09 Å². The van der Waals surface area contributed by atoms with Gasteiger partial charge in [0, 0.05) is 11.1 Å². The zero-order valence-electron chi connectivity index (χ0n) is 9.65. The third kappa shape index (κ3) is 4.62. The van der Waals surface area contributed by atoms with E-state index in [0.29, 0.717) is 12.8 Å². The SMILES string of the molecule is CC1(C)CC(OP(=O)(O)O)CC(C)(C)N1. The Labute approximate surface area is 90.5 Å². The number of piperidine rings is 1. The topological polar surface area (TPSA) is 78.8 Å². The summed E-state index contributed by atoms with van der Waals surface area (Å²) in [5, 5.41) is 3.41. The lowest BCUT2D eigenvalue weighted by Crippen LogP contribution is -2.59. The molecular weight excluding hydrogens is 217 g/mol. The minimum atomic E-state index is -4.37. The molecule has 3 N–H and O–H groups in total. The van der Waals surface area contributed by atoms with Crippen molar-refractivity contribution in [3.05, 3.63) is 0 Å². The van der Waals surface area contributed by atoms with Gasteiger partial charge in [0.05, 0.1) is 6.10 Å². The summed E-state index contributed by atoms with van der Waals surface area (Å²) in [7, 11) is -4.37. The van der Waals surface area contributed by atoms with Gasteiger partial charge in [-0.1, -0.05) is 0 Å². The molecule has 15 heavy (non-hydrogen) atoms. The summed E-state index contributed by atoms with van der Waals surface area (Å²) in [4.78, 5) is 17.6.